The molecule has 0 atom stereocenters. The van der Waals surface area contributed by atoms with Crippen LogP contribution in [0.5, 0.6) is 5.75 Å². The van der Waals surface area contributed by atoms with Gasteiger partial charge in [0.25, 0.3) is 5.91 Å². The van der Waals surface area contributed by atoms with Crippen LogP contribution >= 0.6 is 0 Å². The number of anilines is 1. The maximum absolute atomic E-state index is 12.1. The molecule has 0 saturated heterocycles. The van der Waals surface area contributed by atoms with E-state index in [0.717, 1.165) is 0 Å². The van der Waals surface area contributed by atoms with Crippen molar-refractivity contribution in [3.8, 4) is 5.75 Å². The molecule has 0 aliphatic carbocycles. The minimum absolute atomic E-state index is 0.130. The topological polar surface area (TPSA) is 53.7 Å². The molecule has 1 aromatic carbocycles. The molecule has 88 valence electrons. The summed E-state index contributed by atoms with van der Waals surface area (Å²) in [6, 6.07) is 8.22. The van der Waals surface area contributed by atoms with Crippen LogP contribution in [0.15, 0.2) is 41.0 Å². The molecule has 2 aromatic rings. The van der Waals surface area contributed by atoms with E-state index >= 15 is 0 Å². The van der Waals surface area contributed by atoms with Crippen LogP contribution in [0.4, 0.5) is 5.69 Å². The van der Waals surface area contributed by atoms with Crippen molar-refractivity contribution in [2.45, 2.75) is 6.92 Å². The van der Waals surface area contributed by atoms with Crippen LogP contribution in [-0.2, 0) is 0 Å². The van der Waals surface area contributed by atoms with Crippen molar-refractivity contribution in [3.63, 3.8) is 0 Å². The van der Waals surface area contributed by atoms with Crippen molar-refractivity contribution in [2.75, 3.05) is 11.9 Å². The molecule has 0 fully saturated rings. The zero-order valence-corrected chi connectivity index (χ0v) is 9.68. The Kier molecular flexibility index (Phi) is 2.87. The number of carbonyl (C=O) groups is 1. The van der Waals surface area contributed by atoms with Gasteiger partial charge in [-0.05, 0) is 25.1 Å². The number of phenolic OH excluding ortho intramolecular Hbond substituents is 1. The molecule has 1 aromatic heterocycles. The highest BCUT2D eigenvalue weighted by atomic mass is 16.3. The van der Waals surface area contributed by atoms with E-state index < -0.39 is 0 Å². The van der Waals surface area contributed by atoms with Gasteiger partial charge in [0.2, 0.25) is 0 Å². The molecule has 2 rings (SSSR count). The van der Waals surface area contributed by atoms with Gasteiger partial charge in [-0.25, -0.2) is 0 Å². The second-order valence-electron chi connectivity index (χ2n) is 3.83. The van der Waals surface area contributed by atoms with Crippen molar-refractivity contribution >= 4 is 11.6 Å². The number of aryl methyl sites for hydroxylation is 1. The molecule has 0 radical (unpaired) electrons. The van der Waals surface area contributed by atoms with Crippen LogP contribution in [0.2, 0.25) is 0 Å². The lowest BCUT2D eigenvalue weighted by molar-refractivity contribution is 0.0992. The Balaban J connectivity index is 2.26. The summed E-state index contributed by atoms with van der Waals surface area (Å²) in [5.74, 6) is 0.649. The summed E-state index contributed by atoms with van der Waals surface area (Å²) in [6.45, 7) is 1.78. The lowest BCUT2D eigenvalue weighted by atomic mass is 10.2. The maximum atomic E-state index is 12.1. The van der Waals surface area contributed by atoms with E-state index in [0.29, 0.717) is 17.0 Å². The molecule has 0 aliphatic rings. The number of benzene rings is 1. The van der Waals surface area contributed by atoms with E-state index in [9.17, 15) is 9.90 Å². The maximum Gasteiger partial charge on any atom is 0.261 e. The van der Waals surface area contributed by atoms with Crippen LogP contribution in [0.3, 0.4) is 0 Å². The first kappa shape index (κ1) is 11.3. The van der Waals surface area contributed by atoms with Gasteiger partial charge in [0.15, 0.2) is 0 Å². The predicted octanol–water partition coefficient (Wildman–Crippen LogP) is 2.57. The Morgan fingerprint density at radius 2 is 2.12 bits per heavy atom. The summed E-state index contributed by atoms with van der Waals surface area (Å²) in [6.07, 6.45) is 1.43. The van der Waals surface area contributed by atoms with Crippen LogP contribution in [0.1, 0.15) is 16.1 Å². The largest absolute Gasteiger partial charge is 0.508 e. The van der Waals surface area contributed by atoms with E-state index in [-0.39, 0.29) is 11.7 Å². The first-order chi connectivity index (χ1) is 8.08. The summed E-state index contributed by atoms with van der Waals surface area (Å²) in [7, 11) is 1.65. The van der Waals surface area contributed by atoms with Gasteiger partial charge in [-0.2, -0.15) is 0 Å². The number of phenols is 1. The highest BCUT2D eigenvalue weighted by Gasteiger charge is 2.15. The zero-order chi connectivity index (χ0) is 12.4. The van der Waals surface area contributed by atoms with Crippen molar-refractivity contribution < 1.29 is 14.3 Å². The number of nitrogens with zero attached hydrogens (tertiary/aromatic N) is 1. The zero-order valence-electron chi connectivity index (χ0n) is 9.68. The van der Waals surface area contributed by atoms with Gasteiger partial charge in [0.1, 0.15) is 17.8 Å². The molecule has 1 heterocycles. The Hall–Kier alpha value is -2.23. The molecule has 0 bridgehead atoms. The van der Waals surface area contributed by atoms with Crippen molar-refractivity contribution in [1.82, 2.24) is 0 Å². The molecule has 0 saturated carbocycles. The van der Waals surface area contributed by atoms with E-state index in [1.54, 1.807) is 38.2 Å². The van der Waals surface area contributed by atoms with E-state index in [2.05, 4.69) is 0 Å². The lowest BCUT2D eigenvalue weighted by Gasteiger charge is -2.16. The molecular weight excluding hydrogens is 218 g/mol. The average molecular weight is 231 g/mol. The molecular formula is C13H13NO3. The lowest BCUT2D eigenvalue weighted by Crippen LogP contribution is -2.25. The fourth-order valence-corrected chi connectivity index (χ4v) is 1.57. The number of carbonyl (C=O) groups excluding carboxylic acids is 1. The summed E-state index contributed by atoms with van der Waals surface area (Å²) < 4.78 is 5.10. The van der Waals surface area contributed by atoms with Gasteiger partial charge < -0.3 is 14.4 Å². The standard InChI is InChI=1S/C13H13NO3/c1-9-6-10(8-17-9)13(16)14(2)11-4-3-5-12(15)7-11/h3-8,15H,1-2H3. The van der Waals surface area contributed by atoms with Gasteiger partial charge in [-0.15, -0.1) is 0 Å². The molecule has 1 amide bonds. The molecule has 4 nitrogen and oxygen atoms in total. The molecule has 4 heteroatoms. The predicted molar refractivity (Wildman–Crippen MR) is 64.3 cm³/mol. The highest BCUT2D eigenvalue weighted by Crippen LogP contribution is 2.21. The smallest absolute Gasteiger partial charge is 0.261 e. The fraction of sp³-hybridized carbons (Fsp3) is 0.154. The molecule has 17 heavy (non-hydrogen) atoms. The SMILES string of the molecule is Cc1cc(C(=O)N(C)c2cccc(O)c2)co1. The molecule has 0 unspecified atom stereocenters. The number of aromatic hydroxyl groups is 1. The molecule has 0 spiro atoms. The quantitative estimate of drug-likeness (QED) is 0.864. The number of hydrogen-bond acceptors (Lipinski definition) is 3. The Morgan fingerprint density at radius 3 is 2.71 bits per heavy atom. The summed E-state index contributed by atoms with van der Waals surface area (Å²) in [5.41, 5.74) is 1.13. The van der Waals surface area contributed by atoms with Crippen LogP contribution in [-0.4, -0.2) is 18.1 Å². The number of hydrogen-bond donors (Lipinski definition) is 1. The van der Waals surface area contributed by atoms with Crippen molar-refractivity contribution in [3.05, 3.63) is 47.9 Å². The van der Waals surface area contributed by atoms with Crippen LogP contribution < -0.4 is 4.90 Å². The highest BCUT2D eigenvalue weighted by molar-refractivity contribution is 6.05. The third kappa shape index (κ3) is 2.30. The minimum Gasteiger partial charge on any atom is -0.508 e. The normalized spacial score (nSPS) is 10.2. The van der Waals surface area contributed by atoms with Gasteiger partial charge in [0, 0.05) is 18.8 Å². The van der Waals surface area contributed by atoms with Gasteiger partial charge in [-0.1, -0.05) is 6.07 Å². The summed E-state index contributed by atoms with van der Waals surface area (Å²) in [5, 5.41) is 9.36. The third-order valence-electron chi connectivity index (χ3n) is 2.50. The summed E-state index contributed by atoms with van der Waals surface area (Å²) in [4.78, 5) is 13.5. The minimum atomic E-state index is -0.174. The molecule has 0 aliphatic heterocycles. The number of rotatable bonds is 2. The number of amides is 1. The first-order valence-electron chi connectivity index (χ1n) is 5.20. The second kappa shape index (κ2) is 4.33. The van der Waals surface area contributed by atoms with E-state index in [1.807, 2.05) is 0 Å². The third-order valence-corrected chi connectivity index (χ3v) is 2.50. The Morgan fingerprint density at radius 1 is 1.35 bits per heavy atom. The summed E-state index contributed by atoms with van der Waals surface area (Å²) >= 11 is 0. The Bertz CT molecular complexity index is 545. The van der Waals surface area contributed by atoms with Gasteiger partial charge in [0.05, 0.1) is 5.56 Å². The monoisotopic (exact) mass is 231 g/mol. The Labute approximate surface area is 99.1 Å². The average Bonchev–Trinajstić information content (AvgIpc) is 2.74. The van der Waals surface area contributed by atoms with Crippen LogP contribution in [0, 0.1) is 6.92 Å². The second-order valence-corrected chi connectivity index (χ2v) is 3.83. The van der Waals surface area contributed by atoms with Gasteiger partial charge in [-0.3, -0.25) is 4.79 Å². The van der Waals surface area contributed by atoms with E-state index in [4.69, 9.17) is 4.42 Å². The van der Waals surface area contributed by atoms with Crippen molar-refractivity contribution in [1.29, 1.82) is 0 Å². The van der Waals surface area contributed by atoms with Crippen molar-refractivity contribution in [2.24, 2.45) is 0 Å². The fourth-order valence-electron chi connectivity index (χ4n) is 1.57. The van der Waals surface area contributed by atoms with E-state index in [1.165, 1.54) is 17.2 Å². The first-order valence-corrected chi connectivity index (χ1v) is 5.20. The van der Waals surface area contributed by atoms with Crippen LogP contribution in [0.25, 0.3) is 0 Å². The van der Waals surface area contributed by atoms with Gasteiger partial charge >= 0.3 is 0 Å². The molecule has 1 N–H and O–H groups in total. The number of furan rings is 1.